The molecule has 0 aliphatic carbocycles. The zero-order valence-corrected chi connectivity index (χ0v) is 17.9. The first kappa shape index (κ1) is 23.0. The van der Waals surface area contributed by atoms with E-state index in [1.54, 1.807) is 16.8 Å². The van der Waals surface area contributed by atoms with Crippen molar-refractivity contribution in [2.75, 3.05) is 31.6 Å². The van der Waals surface area contributed by atoms with Crippen molar-refractivity contribution in [3.63, 3.8) is 0 Å². The van der Waals surface area contributed by atoms with E-state index in [1.165, 1.54) is 0 Å². The maximum absolute atomic E-state index is 12.7. The maximum atomic E-state index is 12.7. The Morgan fingerprint density at radius 3 is 2.23 bits per heavy atom. The molecule has 0 N–H and O–H groups in total. The highest BCUT2D eigenvalue weighted by molar-refractivity contribution is 5.95. The molecular formula is C24H29N3O3. The number of rotatable bonds is 10. The molecule has 158 valence electrons. The SMILES string of the molecule is Cc1cc(C)cc(OCCN(C)C(=O)CCC(=O)N(CCC#N)c2ccccc2)c1. The second-order valence-electron chi connectivity index (χ2n) is 7.28. The van der Waals surface area contributed by atoms with Crippen molar-refractivity contribution >= 4 is 17.5 Å². The number of carbonyl (C=O) groups is 2. The van der Waals surface area contributed by atoms with Gasteiger partial charge < -0.3 is 14.5 Å². The van der Waals surface area contributed by atoms with Crippen LogP contribution in [0.4, 0.5) is 5.69 Å². The van der Waals surface area contributed by atoms with Gasteiger partial charge in [0.2, 0.25) is 11.8 Å². The average Bonchev–Trinajstić information content (AvgIpc) is 2.72. The number of carbonyl (C=O) groups excluding carboxylic acids is 2. The van der Waals surface area contributed by atoms with Crippen LogP contribution in [-0.2, 0) is 9.59 Å². The minimum atomic E-state index is -0.162. The molecule has 0 aromatic heterocycles. The minimum absolute atomic E-state index is 0.0986. The van der Waals surface area contributed by atoms with Gasteiger partial charge in [-0.1, -0.05) is 24.3 Å². The fourth-order valence-electron chi connectivity index (χ4n) is 3.15. The van der Waals surface area contributed by atoms with Gasteiger partial charge in [0.15, 0.2) is 0 Å². The first-order chi connectivity index (χ1) is 14.4. The minimum Gasteiger partial charge on any atom is -0.492 e. The Morgan fingerprint density at radius 2 is 1.60 bits per heavy atom. The smallest absolute Gasteiger partial charge is 0.227 e. The fraction of sp³-hybridized carbons (Fsp3) is 0.375. The van der Waals surface area contributed by atoms with Gasteiger partial charge in [0.25, 0.3) is 0 Å². The Labute approximate surface area is 178 Å². The largest absolute Gasteiger partial charge is 0.492 e. The summed E-state index contributed by atoms with van der Waals surface area (Å²) >= 11 is 0. The van der Waals surface area contributed by atoms with Crippen molar-refractivity contribution < 1.29 is 14.3 Å². The van der Waals surface area contributed by atoms with Crippen LogP contribution in [0.3, 0.4) is 0 Å². The number of ether oxygens (including phenoxy) is 1. The first-order valence-corrected chi connectivity index (χ1v) is 10.1. The zero-order chi connectivity index (χ0) is 21.9. The predicted molar refractivity (Wildman–Crippen MR) is 117 cm³/mol. The Balaban J connectivity index is 1.82. The molecule has 0 unspecified atom stereocenters. The molecule has 6 nitrogen and oxygen atoms in total. The van der Waals surface area contributed by atoms with Gasteiger partial charge in [0, 0.05) is 32.1 Å². The van der Waals surface area contributed by atoms with E-state index in [1.807, 2.05) is 56.3 Å². The Kier molecular flexibility index (Phi) is 8.89. The van der Waals surface area contributed by atoms with Crippen LogP contribution < -0.4 is 9.64 Å². The summed E-state index contributed by atoms with van der Waals surface area (Å²) in [6.45, 7) is 5.17. The third-order valence-electron chi connectivity index (χ3n) is 4.69. The molecule has 0 aliphatic heterocycles. The van der Waals surface area contributed by atoms with E-state index < -0.39 is 0 Å². The normalized spacial score (nSPS) is 10.2. The van der Waals surface area contributed by atoms with E-state index in [2.05, 4.69) is 12.1 Å². The molecule has 2 amide bonds. The second-order valence-corrected chi connectivity index (χ2v) is 7.28. The first-order valence-electron chi connectivity index (χ1n) is 10.1. The number of hydrogen-bond donors (Lipinski definition) is 0. The highest BCUT2D eigenvalue weighted by Crippen LogP contribution is 2.17. The van der Waals surface area contributed by atoms with E-state index in [-0.39, 0.29) is 31.1 Å². The number of likely N-dealkylation sites (N-methyl/N-ethyl adjacent to an activating group) is 1. The van der Waals surface area contributed by atoms with Crippen molar-refractivity contribution in [1.82, 2.24) is 4.90 Å². The molecule has 2 aromatic rings. The molecular weight excluding hydrogens is 378 g/mol. The van der Waals surface area contributed by atoms with E-state index in [0.29, 0.717) is 19.7 Å². The number of amides is 2. The number of anilines is 1. The number of nitriles is 1. The third-order valence-corrected chi connectivity index (χ3v) is 4.69. The van der Waals surface area contributed by atoms with Crippen LogP contribution in [0.15, 0.2) is 48.5 Å². The van der Waals surface area contributed by atoms with Crippen LogP contribution in [-0.4, -0.2) is 43.5 Å². The number of para-hydroxylation sites is 1. The lowest BCUT2D eigenvalue weighted by Gasteiger charge is -2.22. The van der Waals surface area contributed by atoms with Crippen molar-refractivity contribution in [3.05, 3.63) is 59.7 Å². The average molecular weight is 408 g/mol. The Morgan fingerprint density at radius 1 is 0.967 bits per heavy atom. The van der Waals surface area contributed by atoms with E-state index >= 15 is 0 Å². The van der Waals surface area contributed by atoms with Gasteiger partial charge in [-0.15, -0.1) is 0 Å². The van der Waals surface area contributed by atoms with Gasteiger partial charge in [-0.25, -0.2) is 0 Å². The van der Waals surface area contributed by atoms with E-state index in [4.69, 9.17) is 10.00 Å². The van der Waals surface area contributed by atoms with Crippen molar-refractivity contribution in [1.29, 1.82) is 5.26 Å². The van der Waals surface area contributed by atoms with Crippen molar-refractivity contribution in [2.24, 2.45) is 0 Å². The molecule has 0 atom stereocenters. The lowest BCUT2D eigenvalue weighted by Crippen LogP contribution is -2.34. The lowest BCUT2D eigenvalue weighted by molar-refractivity contribution is -0.132. The number of hydrogen-bond acceptors (Lipinski definition) is 4. The summed E-state index contributed by atoms with van der Waals surface area (Å²) in [6.07, 6.45) is 0.459. The molecule has 6 heteroatoms. The fourth-order valence-corrected chi connectivity index (χ4v) is 3.15. The van der Waals surface area contributed by atoms with Crippen LogP contribution >= 0.6 is 0 Å². The lowest BCUT2D eigenvalue weighted by atomic mass is 10.1. The third kappa shape index (κ3) is 7.25. The highest BCUT2D eigenvalue weighted by Gasteiger charge is 2.18. The summed E-state index contributed by atoms with van der Waals surface area (Å²) in [5, 5.41) is 8.87. The molecule has 0 spiro atoms. The van der Waals surface area contributed by atoms with E-state index in [9.17, 15) is 9.59 Å². The highest BCUT2D eigenvalue weighted by atomic mass is 16.5. The van der Waals surface area contributed by atoms with Gasteiger partial charge in [-0.05, 0) is 49.2 Å². The van der Waals surface area contributed by atoms with Crippen LogP contribution in [0.25, 0.3) is 0 Å². The van der Waals surface area contributed by atoms with Gasteiger partial charge in [-0.3, -0.25) is 9.59 Å². The van der Waals surface area contributed by atoms with Crippen LogP contribution in [0.2, 0.25) is 0 Å². The Hall–Kier alpha value is -3.33. The number of nitrogens with zero attached hydrogens (tertiary/aromatic N) is 3. The summed E-state index contributed by atoms with van der Waals surface area (Å²) in [5.74, 6) is 0.518. The summed E-state index contributed by atoms with van der Waals surface area (Å²) < 4.78 is 5.75. The zero-order valence-electron chi connectivity index (χ0n) is 17.9. The molecule has 0 fully saturated rings. The molecule has 0 heterocycles. The quantitative estimate of drug-likeness (QED) is 0.599. The summed E-state index contributed by atoms with van der Waals surface area (Å²) in [6, 6.07) is 17.3. The van der Waals surface area contributed by atoms with Crippen molar-refractivity contribution in [3.8, 4) is 11.8 Å². The van der Waals surface area contributed by atoms with Crippen molar-refractivity contribution in [2.45, 2.75) is 33.1 Å². The molecule has 0 saturated heterocycles. The van der Waals surface area contributed by atoms with Gasteiger partial charge in [-0.2, -0.15) is 5.26 Å². The summed E-state index contributed by atoms with van der Waals surface area (Å²) in [7, 11) is 1.71. The molecule has 2 aromatic carbocycles. The Bertz CT molecular complexity index is 870. The van der Waals surface area contributed by atoms with Crippen LogP contribution in [0.5, 0.6) is 5.75 Å². The number of aryl methyl sites for hydroxylation is 2. The topological polar surface area (TPSA) is 73.6 Å². The molecule has 30 heavy (non-hydrogen) atoms. The summed E-state index contributed by atoms with van der Waals surface area (Å²) in [5.41, 5.74) is 3.00. The standard InChI is InChI=1S/C24H29N3O3/c1-19-16-20(2)18-22(17-19)30-15-14-26(3)23(28)10-11-24(29)27(13-7-12-25)21-8-5-4-6-9-21/h4-6,8-9,16-18H,7,10-11,13-15H2,1-3H3. The van der Waals surface area contributed by atoms with Gasteiger partial charge in [0.1, 0.15) is 12.4 Å². The second kappa shape index (κ2) is 11.6. The molecule has 0 radical (unpaired) electrons. The van der Waals surface area contributed by atoms with Crippen LogP contribution in [0, 0.1) is 25.2 Å². The number of benzene rings is 2. The van der Waals surface area contributed by atoms with Gasteiger partial charge >= 0.3 is 0 Å². The molecule has 0 aliphatic rings. The molecule has 2 rings (SSSR count). The molecule has 0 bridgehead atoms. The summed E-state index contributed by atoms with van der Waals surface area (Å²) in [4.78, 5) is 28.2. The van der Waals surface area contributed by atoms with E-state index in [0.717, 1.165) is 22.6 Å². The van der Waals surface area contributed by atoms with Gasteiger partial charge in [0.05, 0.1) is 19.0 Å². The predicted octanol–water partition coefficient (Wildman–Crippen LogP) is 3.87. The maximum Gasteiger partial charge on any atom is 0.227 e. The molecule has 0 saturated carbocycles. The van der Waals surface area contributed by atoms with Crippen LogP contribution in [0.1, 0.15) is 30.4 Å². The monoisotopic (exact) mass is 407 g/mol.